The number of allylic oxidation sites excluding steroid dienone is 1. The molecule has 3 aliphatic rings. The zero-order valence-electron chi connectivity index (χ0n) is 19.2. The molecule has 3 atom stereocenters. The molecule has 0 bridgehead atoms. The van der Waals surface area contributed by atoms with Crippen LogP contribution in [0.3, 0.4) is 0 Å². The van der Waals surface area contributed by atoms with E-state index in [1.54, 1.807) is 12.1 Å². The van der Waals surface area contributed by atoms with Crippen LogP contribution in [0.2, 0.25) is 0 Å². The highest BCUT2D eigenvalue weighted by atomic mass is 19.2. The van der Waals surface area contributed by atoms with E-state index in [1.807, 2.05) is 6.92 Å². The van der Waals surface area contributed by atoms with Gasteiger partial charge in [-0.15, -0.1) is 0 Å². The second-order valence-electron chi connectivity index (χ2n) is 9.83. The van der Waals surface area contributed by atoms with Gasteiger partial charge in [-0.25, -0.2) is 4.39 Å². The van der Waals surface area contributed by atoms with Gasteiger partial charge in [0, 0.05) is 0 Å². The molecule has 31 heavy (non-hydrogen) atoms. The van der Waals surface area contributed by atoms with Crippen molar-refractivity contribution >= 4 is 0 Å². The van der Waals surface area contributed by atoms with Gasteiger partial charge in [0.2, 0.25) is 5.82 Å². The molecule has 2 saturated carbocycles. The summed E-state index contributed by atoms with van der Waals surface area (Å²) in [6, 6.07) is 3.30. The monoisotopic (exact) mass is 432 g/mol. The third-order valence-corrected chi connectivity index (χ3v) is 7.90. The van der Waals surface area contributed by atoms with Gasteiger partial charge in [0.05, 0.1) is 19.3 Å². The van der Waals surface area contributed by atoms with E-state index in [0.29, 0.717) is 12.2 Å². The van der Waals surface area contributed by atoms with Crippen molar-refractivity contribution in [3.05, 3.63) is 41.0 Å². The molecule has 0 amide bonds. The molecule has 0 N–H and O–H groups in total. The second kappa shape index (κ2) is 10.5. The van der Waals surface area contributed by atoms with Crippen molar-refractivity contribution in [2.75, 3.05) is 13.2 Å². The largest absolute Gasteiger partial charge is 0.490 e. The molecular weight excluding hydrogens is 394 g/mol. The van der Waals surface area contributed by atoms with Gasteiger partial charge in [0.1, 0.15) is 0 Å². The zero-order valence-corrected chi connectivity index (χ0v) is 19.2. The summed E-state index contributed by atoms with van der Waals surface area (Å²) in [4.78, 5) is 0. The Morgan fingerprint density at radius 1 is 0.935 bits per heavy atom. The third-order valence-electron chi connectivity index (χ3n) is 7.90. The number of ether oxygens (including phenoxy) is 2. The highest BCUT2D eigenvalue weighted by molar-refractivity contribution is 5.33. The summed E-state index contributed by atoms with van der Waals surface area (Å²) < 4.78 is 40.6. The SMILES string of the molecule is CCCOc1ccc(C2CCC(OCC3=CCC4C(CCC)CCC34)CC2)c(F)c1F. The number of hydrogen-bond donors (Lipinski definition) is 0. The molecule has 1 aromatic carbocycles. The summed E-state index contributed by atoms with van der Waals surface area (Å²) in [6.45, 7) is 5.41. The van der Waals surface area contributed by atoms with Crippen molar-refractivity contribution in [3.63, 3.8) is 0 Å². The number of rotatable bonds is 9. The minimum Gasteiger partial charge on any atom is -0.490 e. The molecular formula is C27H38F2O2. The summed E-state index contributed by atoms with van der Waals surface area (Å²) in [5.74, 6) is 1.03. The van der Waals surface area contributed by atoms with Crippen LogP contribution in [0, 0.1) is 29.4 Å². The molecule has 3 unspecified atom stereocenters. The van der Waals surface area contributed by atoms with E-state index >= 15 is 0 Å². The van der Waals surface area contributed by atoms with Crippen molar-refractivity contribution in [2.45, 2.75) is 90.1 Å². The van der Waals surface area contributed by atoms with Crippen molar-refractivity contribution in [1.29, 1.82) is 0 Å². The van der Waals surface area contributed by atoms with E-state index in [-0.39, 0.29) is 17.8 Å². The maximum absolute atomic E-state index is 14.6. The molecule has 172 valence electrons. The first-order valence-electron chi connectivity index (χ1n) is 12.5. The Bertz CT molecular complexity index is 767. The lowest BCUT2D eigenvalue weighted by Gasteiger charge is -2.30. The van der Waals surface area contributed by atoms with Crippen LogP contribution in [0.4, 0.5) is 8.78 Å². The molecule has 2 fully saturated rings. The van der Waals surface area contributed by atoms with Gasteiger partial charge in [-0.1, -0.05) is 38.8 Å². The summed E-state index contributed by atoms with van der Waals surface area (Å²) in [5, 5.41) is 0. The van der Waals surface area contributed by atoms with Gasteiger partial charge in [-0.05, 0) is 92.2 Å². The van der Waals surface area contributed by atoms with Crippen LogP contribution in [0.15, 0.2) is 23.8 Å². The van der Waals surface area contributed by atoms with Crippen LogP contribution in [-0.2, 0) is 4.74 Å². The maximum Gasteiger partial charge on any atom is 0.200 e. The quantitative estimate of drug-likeness (QED) is 0.375. The average molecular weight is 433 g/mol. The van der Waals surface area contributed by atoms with Gasteiger partial charge in [0.25, 0.3) is 0 Å². The third kappa shape index (κ3) is 4.99. The highest BCUT2D eigenvalue weighted by Gasteiger charge is 2.40. The van der Waals surface area contributed by atoms with Gasteiger partial charge in [-0.2, -0.15) is 4.39 Å². The van der Waals surface area contributed by atoms with Crippen molar-refractivity contribution < 1.29 is 18.3 Å². The minimum absolute atomic E-state index is 0.0244. The summed E-state index contributed by atoms with van der Waals surface area (Å²) in [5.41, 5.74) is 2.02. The molecule has 0 aromatic heterocycles. The van der Waals surface area contributed by atoms with E-state index in [0.717, 1.165) is 56.5 Å². The Morgan fingerprint density at radius 2 is 1.74 bits per heavy atom. The van der Waals surface area contributed by atoms with Crippen molar-refractivity contribution in [1.82, 2.24) is 0 Å². The van der Waals surface area contributed by atoms with Crippen molar-refractivity contribution in [3.8, 4) is 5.75 Å². The molecule has 0 saturated heterocycles. The minimum atomic E-state index is -0.843. The predicted octanol–water partition coefficient (Wildman–Crippen LogP) is 7.57. The van der Waals surface area contributed by atoms with E-state index in [9.17, 15) is 8.78 Å². The van der Waals surface area contributed by atoms with Crippen LogP contribution < -0.4 is 4.74 Å². The Hall–Kier alpha value is -1.42. The number of hydrogen-bond acceptors (Lipinski definition) is 2. The summed E-state index contributed by atoms with van der Waals surface area (Å²) in [6.07, 6.45) is 13.6. The lowest BCUT2D eigenvalue weighted by molar-refractivity contribution is 0.0348. The molecule has 2 nitrogen and oxygen atoms in total. The van der Waals surface area contributed by atoms with E-state index in [2.05, 4.69) is 13.0 Å². The number of fused-ring (bicyclic) bond motifs is 1. The molecule has 0 radical (unpaired) electrons. The highest BCUT2D eigenvalue weighted by Crippen LogP contribution is 2.49. The smallest absolute Gasteiger partial charge is 0.200 e. The van der Waals surface area contributed by atoms with Crippen LogP contribution in [0.5, 0.6) is 5.75 Å². The van der Waals surface area contributed by atoms with Gasteiger partial charge in [-0.3, -0.25) is 0 Å². The fourth-order valence-electron chi connectivity index (χ4n) is 6.24. The first-order valence-corrected chi connectivity index (χ1v) is 12.5. The van der Waals surface area contributed by atoms with Gasteiger partial charge >= 0.3 is 0 Å². The summed E-state index contributed by atoms with van der Waals surface area (Å²) >= 11 is 0. The van der Waals surface area contributed by atoms with Gasteiger partial charge < -0.3 is 9.47 Å². The van der Waals surface area contributed by atoms with Crippen LogP contribution >= 0.6 is 0 Å². The Morgan fingerprint density at radius 3 is 2.48 bits per heavy atom. The Balaban J connectivity index is 1.26. The topological polar surface area (TPSA) is 18.5 Å². The van der Waals surface area contributed by atoms with Crippen molar-refractivity contribution in [2.24, 2.45) is 17.8 Å². The lowest BCUT2D eigenvalue weighted by atomic mass is 9.82. The van der Waals surface area contributed by atoms with Gasteiger partial charge in [0.15, 0.2) is 11.6 Å². The van der Waals surface area contributed by atoms with E-state index in [4.69, 9.17) is 9.47 Å². The number of halogens is 2. The standard InChI is InChI=1S/C27H38F2O2/c1-3-5-18-8-12-23-20(9-13-22(18)23)17-31-21-10-6-19(7-11-21)24-14-15-25(30-16-4-2)27(29)26(24)28/h9,14-15,18-19,21-23H,3-8,10-13,16-17H2,1-2H3. The maximum atomic E-state index is 14.6. The predicted molar refractivity (Wildman–Crippen MR) is 120 cm³/mol. The molecule has 3 aliphatic carbocycles. The molecule has 0 aliphatic heterocycles. The fraction of sp³-hybridized carbons (Fsp3) is 0.704. The number of benzene rings is 1. The van der Waals surface area contributed by atoms with E-state index < -0.39 is 11.6 Å². The Kier molecular flexibility index (Phi) is 7.68. The normalized spacial score (nSPS) is 30.3. The zero-order chi connectivity index (χ0) is 21.8. The second-order valence-corrected chi connectivity index (χ2v) is 9.83. The van der Waals surface area contributed by atoms with E-state index in [1.165, 1.54) is 37.7 Å². The lowest BCUT2D eigenvalue weighted by Crippen LogP contribution is -2.23. The first-order chi connectivity index (χ1) is 15.1. The molecule has 0 heterocycles. The Labute approximate surface area is 186 Å². The molecule has 4 heteroatoms. The van der Waals surface area contributed by atoms with Crippen LogP contribution in [-0.4, -0.2) is 19.3 Å². The molecule has 1 aromatic rings. The fourth-order valence-corrected chi connectivity index (χ4v) is 6.24. The average Bonchev–Trinajstić information content (AvgIpc) is 3.37. The van der Waals surface area contributed by atoms with Crippen LogP contribution in [0.25, 0.3) is 0 Å². The first kappa shape index (κ1) is 22.8. The molecule has 0 spiro atoms. The van der Waals surface area contributed by atoms with Crippen LogP contribution in [0.1, 0.15) is 89.5 Å². The summed E-state index contributed by atoms with van der Waals surface area (Å²) in [7, 11) is 0. The molecule has 4 rings (SSSR count).